The van der Waals surface area contributed by atoms with Crippen LogP contribution in [0.2, 0.25) is 0 Å². The fourth-order valence-corrected chi connectivity index (χ4v) is 6.96. The maximum atomic E-state index is 13.1. The van der Waals surface area contributed by atoms with Crippen LogP contribution in [0.25, 0.3) is 11.3 Å². The second-order valence-electron chi connectivity index (χ2n) is 11.1. The van der Waals surface area contributed by atoms with Crippen molar-refractivity contribution in [2.24, 2.45) is 17.1 Å². The van der Waals surface area contributed by atoms with Crippen LogP contribution in [0.4, 0.5) is 5.95 Å². The minimum atomic E-state index is -4.17. The van der Waals surface area contributed by atoms with Crippen molar-refractivity contribution in [3.8, 4) is 17.1 Å². The second kappa shape index (κ2) is 11.7. The van der Waals surface area contributed by atoms with Gasteiger partial charge in [-0.2, -0.15) is 4.98 Å². The third-order valence-corrected chi connectivity index (χ3v) is 9.32. The molecule has 0 amide bonds. The second-order valence-corrected chi connectivity index (χ2v) is 12.7. The number of benzene rings is 2. The number of sulfonamides is 1. The summed E-state index contributed by atoms with van der Waals surface area (Å²) in [7, 11) is -4.17. The number of aromatic nitrogens is 2. The number of nitrogens with two attached hydrogens (primary N) is 1. The van der Waals surface area contributed by atoms with Crippen LogP contribution in [0, 0.1) is 25.2 Å². The van der Waals surface area contributed by atoms with Gasteiger partial charge in [0.2, 0.25) is 11.8 Å². The Bertz CT molecular complexity index is 1480. The van der Waals surface area contributed by atoms with Gasteiger partial charge in [-0.3, -0.25) is 0 Å². The molecule has 1 heterocycles. The molecule has 0 saturated heterocycles. The van der Waals surface area contributed by atoms with Gasteiger partial charge in [-0.1, -0.05) is 30.7 Å². The zero-order valence-electron chi connectivity index (χ0n) is 22.6. The number of hydrogen-bond acceptors (Lipinski definition) is 7. The normalized spacial score (nSPS) is 16.8. The van der Waals surface area contributed by atoms with E-state index in [9.17, 15) is 18.3 Å². The number of carboxylic acids is 1. The van der Waals surface area contributed by atoms with E-state index < -0.39 is 16.0 Å². The first-order valence-electron chi connectivity index (χ1n) is 13.2. The van der Waals surface area contributed by atoms with Gasteiger partial charge in [0.15, 0.2) is 0 Å². The lowest BCUT2D eigenvalue weighted by molar-refractivity contribution is -0.0314. The van der Waals surface area contributed by atoms with Gasteiger partial charge in [0.05, 0.1) is 16.2 Å². The molecule has 1 aromatic heterocycles. The molecule has 2 fully saturated rings. The molecule has 2 saturated carbocycles. The molecule has 1 atom stereocenters. The lowest BCUT2D eigenvalue weighted by Crippen LogP contribution is -2.45. The molecular formula is C29H35ClN4O5S. The molecule has 2 aliphatic carbocycles. The summed E-state index contributed by atoms with van der Waals surface area (Å²) in [5.41, 5.74) is 10.1. The number of aryl methyl sites for hydroxylation is 2. The van der Waals surface area contributed by atoms with E-state index in [0.29, 0.717) is 17.0 Å². The van der Waals surface area contributed by atoms with E-state index in [-0.39, 0.29) is 47.3 Å². The molecule has 3 aromatic rings. The molecule has 0 unspecified atom stereocenters. The van der Waals surface area contributed by atoms with Crippen molar-refractivity contribution in [3.63, 3.8) is 0 Å². The Morgan fingerprint density at radius 2 is 1.80 bits per heavy atom. The van der Waals surface area contributed by atoms with Gasteiger partial charge in [-0.15, -0.1) is 12.4 Å². The third kappa shape index (κ3) is 6.40. The molecule has 2 aromatic carbocycles. The zero-order valence-corrected chi connectivity index (χ0v) is 24.2. The minimum absolute atomic E-state index is 0. The highest BCUT2D eigenvalue weighted by atomic mass is 35.5. The highest BCUT2D eigenvalue weighted by Gasteiger charge is 2.47. The van der Waals surface area contributed by atoms with E-state index in [1.807, 2.05) is 32.0 Å². The van der Waals surface area contributed by atoms with Gasteiger partial charge >= 0.3 is 5.97 Å². The summed E-state index contributed by atoms with van der Waals surface area (Å²) >= 11 is 0. The molecule has 214 valence electrons. The standard InChI is InChI=1S/C29H34N4O5S.ClH/c1-18-6-3-7-19(2)26(18)24-14-25(38-17-22(30)12-20-15-29(16-20)10-5-11-29)32-28(31-24)33-39(36,37)23-9-4-8-21(13-23)27(34)35;/h3-4,6-9,13-14,20,22H,5,10-12,15-17,30H2,1-2H3,(H,34,35)(H,31,32,33);1H/t22-;/m1./s1. The van der Waals surface area contributed by atoms with Crippen molar-refractivity contribution in [1.82, 2.24) is 9.97 Å². The molecular weight excluding hydrogens is 552 g/mol. The van der Waals surface area contributed by atoms with Crippen molar-refractivity contribution in [1.29, 1.82) is 0 Å². The van der Waals surface area contributed by atoms with E-state index in [1.54, 1.807) is 6.07 Å². The van der Waals surface area contributed by atoms with E-state index in [2.05, 4.69) is 14.7 Å². The summed E-state index contributed by atoms with van der Waals surface area (Å²) in [6.07, 6.45) is 7.42. The lowest BCUT2D eigenvalue weighted by Gasteiger charge is -2.55. The largest absolute Gasteiger partial charge is 0.478 e. The number of rotatable bonds is 10. The summed E-state index contributed by atoms with van der Waals surface area (Å²) < 4.78 is 34.7. The SMILES string of the molecule is Cc1cccc(C)c1-c1cc(OC[C@H](N)CC2CC3(CCC3)C2)nc(NS(=O)(=O)c2cccc(C(=O)O)c2)n1.Cl. The van der Waals surface area contributed by atoms with Crippen LogP contribution in [0.3, 0.4) is 0 Å². The molecule has 11 heteroatoms. The number of carboxylic acid groups (broad SMARTS) is 1. The fraction of sp³-hybridized carbons (Fsp3) is 0.414. The number of aromatic carboxylic acids is 1. The topological polar surface area (TPSA) is 144 Å². The molecule has 40 heavy (non-hydrogen) atoms. The van der Waals surface area contributed by atoms with Gasteiger partial charge in [-0.05, 0) is 86.6 Å². The number of halogens is 1. The van der Waals surface area contributed by atoms with Crippen LogP contribution >= 0.6 is 12.4 Å². The summed E-state index contributed by atoms with van der Waals surface area (Å²) in [4.78, 5) is 20.0. The highest BCUT2D eigenvalue weighted by molar-refractivity contribution is 7.92. The molecule has 2 aliphatic rings. The van der Waals surface area contributed by atoms with Crippen molar-refractivity contribution < 1.29 is 23.1 Å². The van der Waals surface area contributed by atoms with Crippen molar-refractivity contribution in [2.75, 3.05) is 11.3 Å². The Kier molecular flexibility index (Phi) is 8.72. The number of ether oxygens (including phenoxy) is 1. The maximum Gasteiger partial charge on any atom is 0.335 e. The smallest absolute Gasteiger partial charge is 0.335 e. The van der Waals surface area contributed by atoms with Crippen molar-refractivity contribution in [3.05, 3.63) is 65.2 Å². The van der Waals surface area contributed by atoms with Gasteiger partial charge in [0, 0.05) is 17.7 Å². The lowest BCUT2D eigenvalue weighted by atomic mass is 9.51. The monoisotopic (exact) mass is 586 g/mol. The first kappa shape index (κ1) is 29.8. The predicted octanol–water partition coefficient (Wildman–Crippen LogP) is 5.36. The summed E-state index contributed by atoms with van der Waals surface area (Å²) in [5, 5.41) is 9.27. The Hall–Kier alpha value is -3.21. The minimum Gasteiger partial charge on any atom is -0.478 e. The molecule has 0 radical (unpaired) electrons. The Morgan fingerprint density at radius 3 is 2.42 bits per heavy atom. The number of carbonyl (C=O) groups is 1. The van der Waals surface area contributed by atoms with Crippen LogP contribution in [0.5, 0.6) is 5.88 Å². The molecule has 0 aliphatic heterocycles. The van der Waals surface area contributed by atoms with Gasteiger partial charge < -0.3 is 15.6 Å². The van der Waals surface area contributed by atoms with Crippen molar-refractivity contribution >= 4 is 34.3 Å². The number of nitrogens with zero attached hydrogens (tertiary/aromatic N) is 2. The van der Waals surface area contributed by atoms with Gasteiger partial charge in [0.25, 0.3) is 10.0 Å². The first-order valence-corrected chi connectivity index (χ1v) is 14.7. The average Bonchev–Trinajstić information content (AvgIpc) is 2.83. The van der Waals surface area contributed by atoms with Crippen LogP contribution in [-0.4, -0.2) is 42.1 Å². The molecule has 0 bridgehead atoms. The predicted molar refractivity (Wildman–Crippen MR) is 155 cm³/mol. The van der Waals surface area contributed by atoms with Gasteiger partial charge in [0.1, 0.15) is 6.61 Å². The average molecular weight is 587 g/mol. The maximum absolute atomic E-state index is 13.1. The third-order valence-electron chi connectivity index (χ3n) is 8.00. The molecule has 1 spiro atoms. The number of nitrogens with one attached hydrogen (secondary N) is 1. The van der Waals surface area contributed by atoms with E-state index >= 15 is 0 Å². The quantitative estimate of drug-likeness (QED) is 0.288. The Labute approximate surface area is 241 Å². The molecule has 9 nitrogen and oxygen atoms in total. The highest BCUT2D eigenvalue weighted by Crippen LogP contribution is 2.59. The van der Waals surface area contributed by atoms with E-state index in [1.165, 1.54) is 50.3 Å². The van der Waals surface area contributed by atoms with Crippen molar-refractivity contribution in [2.45, 2.75) is 63.3 Å². The van der Waals surface area contributed by atoms with E-state index in [4.69, 9.17) is 10.5 Å². The molecule has 5 rings (SSSR count). The Morgan fingerprint density at radius 1 is 1.12 bits per heavy atom. The zero-order chi connectivity index (χ0) is 27.8. The van der Waals surface area contributed by atoms with Crippen LogP contribution < -0.4 is 15.2 Å². The summed E-state index contributed by atoms with van der Waals surface area (Å²) in [5.74, 6) is -0.565. The number of hydrogen-bond donors (Lipinski definition) is 3. The molecule has 4 N–H and O–H groups in total. The summed E-state index contributed by atoms with van der Waals surface area (Å²) in [6, 6.07) is 12.5. The van der Waals surface area contributed by atoms with Crippen LogP contribution in [0.1, 0.15) is 60.0 Å². The fourth-order valence-electron chi connectivity index (χ4n) is 5.97. The van der Waals surface area contributed by atoms with Crippen LogP contribution in [-0.2, 0) is 10.0 Å². The van der Waals surface area contributed by atoms with E-state index in [0.717, 1.165) is 29.2 Å². The first-order chi connectivity index (χ1) is 18.5. The number of anilines is 1. The summed E-state index contributed by atoms with van der Waals surface area (Å²) in [6.45, 7) is 4.16. The van der Waals surface area contributed by atoms with Gasteiger partial charge in [-0.25, -0.2) is 22.9 Å². The van der Waals surface area contributed by atoms with Crippen LogP contribution in [0.15, 0.2) is 53.4 Å². The Balaban J connectivity index is 0.00000370.